The number of piperidine rings is 2. The van der Waals surface area contributed by atoms with E-state index in [1.807, 2.05) is 37.8 Å². The van der Waals surface area contributed by atoms with Crippen molar-refractivity contribution in [2.75, 3.05) is 44.2 Å². The molecule has 200 valence electrons. The molecule has 5 rings (SSSR count). The van der Waals surface area contributed by atoms with Gasteiger partial charge in [0.1, 0.15) is 5.60 Å². The van der Waals surface area contributed by atoms with Gasteiger partial charge in [-0.25, -0.2) is 9.59 Å². The molecule has 0 spiro atoms. The number of carbonyl (C=O) groups is 3. The summed E-state index contributed by atoms with van der Waals surface area (Å²) in [5.41, 5.74) is 1.54. The van der Waals surface area contributed by atoms with Crippen LogP contribution in [0.5, 0.6) is 0 Å². The summed E-state index contributed by atoms with van der Waals surface area (Å²) in [5.74, 6) is 0.402. The fraction of sp³-hybridized carbons (Fsp3) is 0.607. The molecule has 9 heteroatoms. The Morgan fingerprint density at radius 2 is 1.73 bits per heavy atom. The molecule has 0 saturated carbocycles. The number of hydrogen-bond donors (Lipinski definition) is 1. The minimum atomic E-state index is -0.451. The monoisotopic (exact) mass is 509 g/mol. The molecule has 3 fully saturated rings. The normalized spacial score (nSPS) is 20.9. The predicted octanol–water partition coefficient (Wildman–Crippen LogP) is 4.37. The van der Waals surface area contributed by atoms with Crippen LogP contribution in [0.2, 0.25) is 0 Å². The third-order valence-electron chi connectivity index (χ3n) is 7.82. The fourth-order valence-electron chi connectivity index (χ4n) is 5.89. The van der Waals surface area contributed by atoms with Gasteiger partial charge in [-0.05, 0) is 70.6 Å². The summed E-state index contributed by atoms with van der Waals surface area (Å²) in [6.07, 6.45) is 6.50. The molecule has 1 aromatic carbocycles. The molecule has 1 N–H and O–H groups in total. The number of anilines is 1. The molecule has 0 unspecified atom stereocenters. The van der Waals surface area contributed by atoms with E-state index in [2.05, 4.69) is 33.1 Å². The third kappa shape index (κ3) is 5.76. The second kappa shape index (κ2) is 10.4. The van der Waals surface area contributed by atoms with Crippen LogP contribution in [-0.2, 0) is 9.53 Å². The van der Waals surface area contributed by atoms with Gasteiger partial charge in [0, 0.05) is 63.3 Å². The van der Waals surface area contributed by atoms with E-state index in [-0.39, 0.29) is 18.0 Å². The number of aromatic nitrogens is 1. The van der Waals surface area contributed by atoms with Gasteiger partial charge in [0.15, 0.2) is 0 Å². The zero-order valence-corrected chi connectivity index (χ0v) is 22.2. The summed E-state index contributed by atoms with van der Waals surface area (Å²) in [5, 5.41) is 3.48. The van der Waals surface area contributed by atoms with Gasteiger partial charge in [0.2, 0.25) is 5.91 Å². The lowest BCUT2D eigenvalue weighted by Gasteiger charge is -2.38. The molecule has 1 aromatic heterocycles. The van der Waals surface area contributed by atoms with Crippen LogP contribution in [0, 0.1) is 5.92 Å². The molecule has 3 saturated heterocycles. The predicted molar refractivity (Wildman–Crippen MR) is 143 cm³/mol. The Morgan fingerprint density at radius 1 is 1.00 bits per heavy atom. The van der Waals surface area contributed by atoms with Crippen LogP contribution >= 0.6 is 0 Å². The molecular weight excluding hydrogens is 470 g/mol. The van der Waals surface area contributed by atoms with Gasteiger partial charge in [-0.3, -0.25) is 15.0 Å². The Hall–Kier alpha value is -3.07. The number of benzene rings is 1. The molecule has 0 bridgehead atoms. The first-order chi connectivity index (χ1) is 17.7. The van der Waals surface area contributed by atoms with E-state index in [9.17, 15) is 14.4 Å². The van der Waals surface area contributed by atoms with Crippen LogP contribution in [0.1, 0.15) is 58.9 Å². The summed E-state index contributed by atoms with van der Waals surface area (Å²) < 4.78 is 7.89. The number of rotatable bonds is 4. The number of fused-ring (bicyclic) bond motifs is 1. The van der Waals surface area contributed by atoms with Gasteiger partial charge >= 0.3 is 12.1 Å². The van der Waals surface area contributed by atoms with Crippen LogP contribution < -0.4 is 10.2 Å². The molecule has 0 atom stereocenters. The van der Waals surface area contributed by atoms with E-state index >= 15 is 0 Å². The number of ether oxygens (including phenoxy) is 1. The van der Waals surface area contributed by atoms with E-state index in [1.54, 1.807) is 4.90 Å². The molecule has 37 heavy (non-hydrogen) atoms. The Kier molecular flexibility index (Phi) is 7.16. The number of urea groups is 1. The van der Waals surface area contributed by atoms with Crippen molar-refractivity contribution < 1.29 is 19.1 Å². The van der Waals surface area contributed by atoms with Crippen LogP contribution in [0.25, 0.3) is 10.9 Å². The second-order valence-electron chi connectivity index (χ2n) is 11.6. The molecule has 3 aliphatic heterocycles. The van der Waals surface area contributed by atoms with E-state index < -0.39 is 5.60 Å². The quantitative estimate of drug-likeness (QED) is 0.661. The second-order valence-corrected chi connectivity index (χ2v) is 11.6. The maximum Gasteiger partial charge on any atom is 0.410 e. The zero-order valence-electron chi connectivity index (χ0n) is 22.2. The van der Waals surface area contributed by atoms with Gasteiger partial charge < -0.3 is 19.1 Å². The van der Waals surface area contributed by atoms with Crippen LogP contribution in [-0.4, -0.2) is 77.3 Å². The van der Waals surface area contributed by atoms with Crippen molar-refractivity contribution in [3.8, 4) is 0 Å². The first-order valence-corrected chi connectivity index (χ1v) is 13.6. The highest BCUT2D eigenvalue weighted by Crippen LogP contribution is 2.34. The molecule has 3 aliphatic rings. The summed E-state index contributed by atoms with van der Waals surface area (Å²) in [6.45, 7) is 10.9. The molecule has 0 aliphatic carbocycles. The Balaban J connectivity index is 1.15. The Bertz CT molecular complexity index is 1150. The van der Waals surface area contributed by atoms with Gasteiger partial charge in [-0.1, -0.05) is 6.07 Å². The van der Waals surface area contributed by atoms with Crippen molar-refractivity contribution in [2.24, 2.45) is 5.92 Å². The molecule has 2 aromatic rings. The highest BCUT2D eigenvalue weighted by atomic mass is 16.6. The summed E-state index contributed by atoms with van der Waals surface area (Å²) in [4.78, 5) is 42.4. The van der Waals surface area contributed by atoms with Crippen molar-refractivity contribution >= 4 is 34.6 Å². The smallest absolute Gasteiger partial charge is 0.410 e. The number of nitrogens with zero attached hydrogens (tertiary/aromatic N) is 4. The standard InChI is InChI=1S/C28H39N5O4/c1-28(2,3)37-27(36)31-15-7-20(8-16-31)19-30-13-9-21(10-14-30)32-17-11-22-23(32)5-4-6-24(22)33-18-12-25(34)29-26(33)35/h4-6,11,17,20-21H,7-10,12-16,18-19H2,1-3H3,(H,29,34,35). The van der Waals surface area contributed by atoms with Gasteiger partial charge in [0.25, 0.3) is 0 Å². The highest BCUT2D eigenvalue weighted by Gasteiger charge is 2.30. The van der Waals surface area contributed by atoms with E-state index in [4.69, 9.17) is 4.74 Å². The summed E-state index contributed by atoms with van der Waals surface area (Å²) in [6, 6.07) is 8.25. The summed E-state index contributed by atoms with van der Waals surface area (Å²) in [7, 11) is 0. The van der Waals surface area contributed by atoms with Gasteiger partial charge in [-0.15, -0.1) is 0 Å². The number of imide groups is 1. The van der Waals surface area contributed by atoms with Crippen molar-refractivity contribution in [1.29, 1.82) is 0 Å². The van der Waals surface area contributed by atoms with Gasteiger partial charge in [0.05, 0.1) is 11.2 Å². The lowest BCUT2D eigenvalue weighted by molar-refractivity contribution is -0.120. The fourth-order valence-corrected chi connectivity index (χ4v) is 5.89. The van der Waals surface area contributed by atoms with Crippen molar-refractivity contribution in [1.82, 2.24) is 19.7 Å². The highest BCUT2D eigenvalue weighted by molar-refractivity contribution is 6.09. The Labute approximate surface area is 218 Å². The van der Waals surface area contributed by atoms with E-state index in [0.29, 0.717) is 24.9 Å². The lowest BCUT2D eigenvalue weighted by Crippen LogP contribution is -2.49. The maximum absolute atomic E-state index is 12.4. The zero-order chi connectivity index (χ0) is 26.2. The first kappa shape index (κ1) is 25.6. The van der Waals surface area contributed by atoms with E-state index in [1.165, 1.54) is 0 Å². The molecule has 9 nitrogen and oxygen atoms in total. The maximum atomic E-state index is 12.4. The Morgan fingerprint density at radius 3 is 2.41 bits per heavy atom. The van der Waals surface area contributed by atoms with E-state index in [0.717, 1.165) is 75.0 Å². The lowest BCUT2D eigenvalue weighted by atomic mass is 9.95. The average molecular weight is 510 g/mol. The molecular formula is C28H39N5O4. The minimum absolute atomic E-state index is 0.191. The molecule has 0 radical (unpaired) electrons. The number of amides is 4. The number of carbonyl (C=O) groups excluding carboxylic acids is 3. The van der Waals surface area contributed by atoms with Crippen LogP contribution in [0.4, 0.5) is 15.3 Å². The van der Waals surface area contributed by atoms with Crippen LogP contribution in [0.3, 0.4) is 0 Å². The largest absolute Gasteiger partial charge is 0.444 e. The molecule has 4 heterocycles. The van der Waals surface area contributed by atoms with Crippen LogP contribution in [0.15, 0.2) is 30.5 Å². The SMILES string of the molecule is CC(C)(C)OC(=O)N1CCC(CN2CCC(n3ccc4c(N5CCC(=O)NC5=O)cccc43)CC2)CC1. The molecule has 4 amide bonds. The van der Waals surface area contributed by atoms with Gasteiger partial charge in [-0.2, -0.15) is 0 Å². The minimum Gasteiger partial charge on any atom is -0.444 e. The topological polar surface area (TPSA) is 87.1 Å². The number of likely N-dealkylation sites (tertiary alicyclic amines) is 2. The third-order valence-corrected chi connectivity index (χ3v) is 7.82. The van der Waals surface area contributed by atoms with Crippen molar-refractivity contribution in [3.63, 3.8) is 0 Å². The first-order valence-electron chi connectivity index (χ1n) is 13.6. The summed E-state index contributed by atoms with van der Waals surface area (Å²) >= 11 is 0. The number of hydrogen-bond acceptors (Lipinski definition) is 5. The van der Waals surface area contributed by atoms with Crippen molar-refractivity contribution in [2.45, 2.75) is 64.5 Å². The number of nitrogens with one attached hydrogen (secondary N) is 1. The van der Waals surface area contributed by atoms with Crippen molar-refractivity contribution in [3.05, 3.63) is 30.5 Å². The average Bonchev–Trinajstić information content (AvgIpc) is 3.29.